The van der Waals surface area contributed by atoms with E-state index in [2.05, 4.69) is 9.71 Å². The van der Waals surface area contributed by atoms with E-state index in [0.717, 1.165) is 6.42 Å². The average Bonchev–Trinajstić information content (AvgIpc) is 2.69. The molecule has 0 unspecified atom stereocenters. The minimum atomic E-state index is -3.13. The Morgan fingerprint density at radius 1 is 1.44 bits per heavy atom. The highest BCUT2D eigenvalue weighted by molar-refractivity contribution is 7.89. The number of nitrogens with zero attached hydrogens (tertiary/aromatic N) is 2. The van der Waals surface area contributed by atoms with Gasteiger partial charge in [-0.05, 0) is 12.8 Å². The zero-order valence-corrected chi connectivity index (χ0v) is 10.6. The Labute approximate surface area is 96.9 Å². The Morgan fingerprint density at radius 3 is 2.69 bits per heavy atom. The highest BCUT2D eigenvalue weighted by atomic mass is 32.2. The summed E-state index contributed by atoms with van der Waals surface area (Å²) in [6.45, 7) is 4.45. The van der Waals surface area contributed by atoms with Crippen molar-refractivity contribution in [3.8, 4) is 0 Å². The van der Waals surface area contributed by atoms with Gasteiger partial charge in [-0.1, -0.05) is 13.8 Å². The number of aromatic nitrogens is 2. The molecule has 1 rings (SSSR count). The average molecular weight is 245 g/mol. The summed E-state index contributed by atoms with van der Waals surface area (Å²) in [4.78, 5) is 3.93. The Morgan fingerprint density at radius 2 is 2.19 bits per heavy atom. The first kappa shape index (κ1) is 13.2. The SMILES string of the molecule is CCCS(=O)(=O)N[C@H](CC)Cn1ccnc1. The molecular formula is C10H19N3O2S. The molecule has 1 aromatic rings. The third kappa shape index (κ3) is 4.32. The fraction of sp³-hybridized carbons (Fsp3) is 0.700. The molecule has 0 aliphatic carbocycles. The van der Waals surface area contributed by atoms with Gasteiger partial charge >= 0.3 is 0 Å². The zero-order valence-electron chi connectivity index (χ0n) is 9.76. The van der Waals surface area contributed by atoms with Gasteiger partial charge in [-0.3, -0.25) is 0 Å². The van der Waals surface area contributed by atoms with Crippen LogP contribution in [0.1, 0.15) is 26.7 Å². The minimum Gasteiger partial charge on any atom is -0.336 e. The lowest BCUT2D eigenvalue weighted by molar-refractivity contribution is 0.484. The summed E-state index contributed by atoms with van der Waals surface area (Å²) < 4.78 is 27.8. The van der Waals surface area contributed by atoms with Crippen LogP contribution >= 0.6 is 0 Å². The normalized spacial score (nSPS) is 13.9. The molecule has 0 radical (unpaired) electrons. The van der Waals surface area contributed by atoms with Crippen LogP contribution in [0.3, 0.4) is 0 Å². The Bertz CT molecular complexity index is 386. The monoisotopic (exact) mass is 245 g/mol. The van der Waals surface area contributed by atoms with Gasteiger partial charge in [0.25, 0.3) is 0 Å². The topological polar surface area (TPSA) is 64.0 Å². The van der Waals surface area contributed by atoms with Crippen LogP contribution < -0.4 is 4.72 Å². The van der Waals surface area contributed by atoms with E-state index in [4.69, 9.17) is 0 Å². The largest absolute Gasteiger partial charge is 0.336 e. The first-order valence-corrected chi connectivity index (χ1v) is 7.18. The van der Waals surface area contributed by atoms with Crippen molar-refractivity contribution in [3.63, 3.8) is 0 Å². The van der Waals surface area contributed by atoms with Gasteiger partial charge in [0.1, 0.15) is 0 Å². The zero-order chi connectivity index (χ0) is 12.0. The molecule has 0 aliphatic rings. The molecule has 0 saturated carbocycles. The molecule has 1 heterocycles. The van der Waals surface area contributed by atoms with E-state index in [0.29, 0.717) is 13.0 Å². The predicted octanol–water partition coefficient (Wildman–Crippen LogP) is 0.991. The number of hydrogen-bond donors (Lipinski definition) is 1. The molecule has 6 heteroatoms. The lowest BCUT2D eigenvalue weighted by atomic mass is 10.2. The summed E-state index contributed by atoms with van der Waals surface area (Å²) in [5.74, 6) is 0.188. The van der Waals surface area contributed by atoms with Crippen LogP contribution in [-0.2, 0) is 16.6 Å². The summed E-state index contributed by atoms with van der Waals surface area (Å²) in [5.41, 5.74) is 0. The van der Waals surface area contributed by atoms with Crippen molar-refractivity contribution < 1.29 is 8.42 Å². The van der Waals surface area contributed by atoms with Crippen LogP contribution in [0.15, 0.2) is 18.7 Å². The molecule has 0 bridgehead atoms. The van der Waals surface area contributed by atoms with Crippen molar-refractivity contribution >= 4 is 10.0 Å². The fourth-order valence-corrected chi connectivity index (χ4v) is 2.88. The number of nitrogens with one attached hydrogen (secondary N) is 1. The highest BCUT2D eigenvalue weighted by Crippen LogP contribution is 2.00. The molecule has 16 heavy (non-hydrogen) atoms. The molecule has 1 N–H and O–H groups in total. The van der Waals surface area contributed by atoms with Crippen molar-refractivity contribution in [1.82, 2.24) is 14.3 Å². The molecule has 0 aliphatic heterocycles. The molecule has 92 valence electrons. The van der Waals surface area contributed by atoms with E-state index in [1.807, 2.05) is 24.6 Å². The van der Waals surface area contributed by atoms with Crippen LogP contribution in [0.5, 0.6) is 0 Å². The van der Waals surface area contributed by atoms with E-state index in [1.165, 1.54) is 0 Å². The number of imidazole rings is 1. The molecule has 0 saturated heterocycles. The Hall–Kier alpha value is -0.880. The number of hydrogen-bond acceptors (Lipinski definition) is 3. The summed E-state index contributed by atoms with van der Waals surface area (Å²) in [7, 11) is -3.13. The summed E-state index contributed by atoms with van der Waals surface area (Å²) in [6, 6.07) is -0.0641. The second-order valence-electron chi connectivity index (χ2n) is 3.80. The maximum absolute atomic E-state index is 11.6. The molecule has 1 atom stereocenters. The fourth-order valence-electron chi connectivity index (χ4n) is 1.48. The maximum Gasteiger partial charge on any atom is 0.211 e. The molecule has 0 aromatic carbocycles. The van der Waals surface area contributed by atoms with Gasteiger partial charge in [0.15, 0.2) is 0 Å². The summed E-state index contributed by atoms with van der Waals surface area (Å²) >= 11 is 0. The van der Waals surface area contributed by atoms with E-state index in [9.17, 15) is 8.42 Å². The summed E-state index contributed by atoms with van der Waals surface area (Å²) in [6.07, 6.45) is 6.61. The quantitative estimate of drug-likeness (QED) is 0.779. The second-order valence-corrected chi connectivity index (χ2v) is 5.67. The standard InChI is InChI=1S/C10H19N3O2S/c1-3-7-16(14,15)12-10(4-2)8-13-6-5-11-9-13/h5-6,9-10,12H,3-4,7-8H2,1-2H3/t10-/m1/s1. The molecule has 0 spiro atoms. The van der Waals surface area contributed by atoms with Crippen LogP contribution in [0.4, 0.5) is 0 Å². The minimum absolute atomic E-state index is 0.0641. The first-order chi connectivity index (χ1) is 7.57. The predicted molar refractivity (Wildman–Crippen MR) is 63.5 cm³/mol. The van der Waals surface area contributed by atoms with Crippen molar-refractivity contribution in [3.05, 3.63) is 18.7 Å². The lowest BCUT2D eigenvalue weighted by Crippen LogP contribution is -2.38. The third-order valence-electron chi connectivity index (χ3n) is 2.30. The van der Waals surface area contributed by atoms with E-state index >= 15 is 0 Å². The Balaban J connectivity index is 2.56. The smallest absolute Gasteiger partial charge is 0.211 e. The van der Waals surface area contributed by atoms with Crippen molar-refractivity contribution in [2.75, 3.05) is 5.75 Å². The van der Waals surface area contributed by atoms with Gasteiger partial charge in [0.05, 0.1) is 12.1 Å². The van der Waals surface area contributed by atoms with E-state index in [-0.39, 0.29) is 11.8 Å². The maximum atomic E-state index is 11.6. The van der Waals surface area contributed by atoms with Gasteiger partial charge in [0.2, 0.25) is 10.0 Å². The van der Waals surface area contributed by atoms with Crippen LogP contribution in [-0.4, -0.2) is 29.8 Å². The number of rotatable bonds is 7. The molecule has 5 nitrogen and oxygen atoms in total. The van der Waals surface area contributed by atoms with Crippen molar-refractivity contribution in [2.24, 2.45) is 0 Å². The van der Waals surface area contributed by atoms with E-state index in [1.54, 1.807) is 12.5 Å². The van der Waals surface area contributed by atoms with Crippen LogP contribution in [0.25, 0.3) is 0 Å². The molecular weight excluding hydrogens is 226 g/mol. The third-order valence-corrected chi connectivity index (χ3v) is 3.94. The van der Waals surface area contributed by atoms with Gasteiger partial charge in [-0.2, -0.15) is 0 Å². The highest BCUT2D eigenvalue weighted by Gasteiger charge is 2.15. The Kier molecular flexibility index (Phi) is 4.95. The number of sulfonamides is 1. The second kappa shape index (κ2) is 6.00. The van der Waals surface area contributed by atoms with Crippen molar-refractivity contribution in [2.45, 2.75) is 39.3 Å². The lowest BCUT2D eigenvalue weighted by Gasteiger charge is -2.17. The van der Waals surface area contributed by atoms with Gasteiger partial charge in [0, 0.05) is 25.0 Å². The van der Waals surface area contributed by atoms with Gasteiger partial charge in [-0.25, -0.2) is 18.1 Å². The van der Waals surface area contributed by atoms with Crippen LogP contribution in [0.2, 0.25) is 0 Å². The van der Waals surface area contributed by atoms with E-state index < -0.39 is 10.0 Å². The van der Waals surface area contributed by atoms with Gasteiger partial charge in [-0.15, -0.1) is 0 Å². The first-order valence-electron chi connectivity index (χ1n) is 5.53. The summed E-state index contributed by atoms with van der Waals surface area (Å²) in [5, 5.41) is 0. The van der Waals surface area contributed by atoms with Crippen LogP contribution in [0, 0.1) is 0 Å². The molecule has 0 amide bonds. The molecule has 1 aromatic heterocycles. The van der Waals surface area contributed by atoms with Gasteiger partial charge < -0.3 is 4.57 Å². The van der Waals surface area contributed by atoms with Crippen molar-refractivity contribution in [1.29, 1.82) is 0 Å². The molecule has 0 fully saturated rings.